The molecule has 1 rings (SSSR count). The van der Waals surface area contributed by atoms with E-state index in [2.05, 4.69) is 28.6 Å². The Morgan fingerprint density at radius 2 is 1.55 bits per heavy atom. The van der Waals surface area contributed by atoms with Gasteiger partial charge in [0.05, 0.1) is 12.1 Å². The van der Waals surface area contributed by atoms with E-state index in [1.807, 2.05) is 30.3 Å². The number of carbonyl (C=O) groups is 4. The van der Waals surface area contributed by atoms with E-state index in [9.17, 15) is 29.4 Å². The van der Waals surface area contributed by atoms with Gasteiger partial charge in [0.1, 0.15) is 12.1 Å². The summed E-state index contributed by atoms with van der Waals surface area (Å²) in [5.41, 5.74) is 6.84. The minimum atomic E-state index is -1.53. The molecular weight excluding hydrogens is 448 g/mol. The summed E-state index contributed by atoms with van der Waals surface area (Å²) in [6, 6.07) is 4.61. The van der Waals surface area contributed by atoms with E-state index in [1.54, 1.807) is 13.8 Å². The molecule has 0 aliphatic carbocycles. The maximum absolute atomic E-state index is 12.8. The Kier molecular flexibility index (Phi) is 11.9. The standard InChI is InChI=1S/C22H34N4O6S/c1-4-12(2)17(21(30)26-18(13(3)27)22(31)32)25-20(29)16(11-33)24-19(28)15(23)10-14-8-6-5-7-9-14/h5-9,12-13,15-18,27,33H,4,10-11,23H2,1-3H3,(H,24,28)(H,25,29)(H,26,30)(H,31,32). The number of aliphatic hydroxyl groups is 1. The van der Waals surface area contributed by atoms with E-state index in [4.69, 9.17) is 5.73 Å². The third-order valence-corrected chi connectivity index (χ3v) is 5.66. The number of rotatable bonds is 13. The van der Waals surface area contributed by atoms with Crippen molar-refractivity contribution >= 4 is 36.3 Å². The van der Waals surface area contributed by atoms with Gasteiger partial charge in [-0.25, -0.2) is 4.79 Å². The highest BCUT2D eigenvalue weighted by Gasteiger charge is 2.33. The highest BCUT2D eigenvalue weighted by Crippen LogP contribution is 2.10. The van der Waals surface area contributed by atoms with Crippen molar-refractivity contribution in [1.82, 2.24) is 16.0 Å². The van der Waals surface area contributed by atoms with E-state index in [0.717, 1.165) is 5.56 Å². The summed E-state index contributed by atoms with van der Waals surface area (Å²) in [6.07, 6.45) is -0.554. The lowest BCUT2D eigenvalue weighted by atomic mass is 9.97. The minimum absolute atomic E-state index is 0.0457. The second-order valence-corrected chi connectivity index (χ2v) is 8.34. The largest absolute Gasteiger partial charge is 0.480 e. The van der Waals surface area contributed by atoms with Crippen LogP contribution >= 0.6 is 12.6 Å². The van der Waals surface area contributed by atoms with E-state index < -0.39 is 54.0 Å². The summed E-state index contributed by atoms with van der Waals surface area (Å²) in [6.45, 7) is 4.76. The van der Waals surface area contributed by atoms with E-state index >= 15 is 0 Å². The van der Waals surface area contributed by atoms with Crippen LogP contribution in [0.1, 0.15) is 32.8 Å². The van der Waals surface area contributed by atoms with Gasteiger partial charge in [-0.3, -0.25) is 14.4 Å². The molecule has 0 bridgehead atoms. The second-order valence-electron chi connectivity index (χ2n) is 7.98. The number of hydrogen-bond acceptors (Lipinski definition) is 7. The van der Waals surface area contributed by atoms with Crippen LogP contribution in [-0.4, -0.2) is 69.9 Å². The first-order valence-electron chi connectivity index (χ1n) is 10.7. The Labute approximate surface area is 199 Å². The van der Waals surface area contributed by atoms with Crippen LogP contribution < -0.4 is 21.7 Å². The first-order chi connectivity index (χ1) is 15.5. The summed E-state index contributed by atoms with van der Waals surface area (Å²) in [5.74, 6) is -3.76. The fourth-order valence-corrected chi connectivity index (χ4v) is 3.28. The molecule has 0 spiro atoms. The van der Waals surface area contributed by atoms with Crippen LogP contribution in [0.4, 0.5) is 0 Å². The Balaban J connectivity index is 2.85. The topological polar surface area (TPSA) is 171 Å². The second kappa shape index (κ2) is 13.8. The van der Waals surface area contributed by atoms with Crippen LogP contribution in [0.15, 0.2) is 30.3 Å². The first-order valence-corrected chi connectivity index (χ1v) is 11.4. The molecule has 0 heterocycles. The van der Waals surface area contributed by atoms with Gasteiger partial charge in [0.15, 0.2) is 6.04 Å². The Hall–Kier alpha value is -2.63. The zero-order valence-electron chi connectivity index (χ0n) is 19.0. The maximum Gasteiger partial charge on any atom is 0.328 e. The molecule has 0 aromatic heterocycles. The number of aliphatic hydroxyl groups excluding tert-OH is 1. The van der Waals surface area contributed by atoms with Gasteiger partial charge in [0.2, 0.25) is 17.7 Å². The van der Waals surface area contributed by atoms with E-state index in [-0.39, 0.29) is 18.1 Å². The molecule has 6 unspecified atom stereocenters. The predicted molar refractivity (Wildman–Crippen MR) is 127 cm³/mol. The lowest BCUT2D eigenvalue weighted by Crippen LogP contribution is -2.60. The fraction of sp³-hybridized carbons (Fsp3) is 0.545. The molecule has 1 aromatic carbocycles. The fourth-order valence-electron chi connectivity index (χ4n) is 3.02. The van der Waals surface area contributed by atoms with Gasteiger partial charge in [0, 0.05) is 5.75 Å². The number of thiol groups is 1. The van der Waals surface area contributed by atoms with Crippen molar-refractivity contribution in [1.29, 1.82) is 0 Å². The highest BCUT2D eigenvalue weighted by molar-refractivity contribution is 7.80. The number of carboxylic acid groups (broad SMARTS) is 1. The van der Waals surface area contributed by atoms with Crippen molar-refractivity contribution in [3.05, 3.63) is 35.9 Å². The minimum Gasteiger partial charge on any atom is -0.480 e. The Morgan fingerprint density at radius 1 is 0.970 bits per heavy atom. The van der Waals surface area contributed by atoms with Gasteiger partial charge < -0.3 is 31.9 Å². The summed E-state index contributed by atoms with van der Waals surface area (Å²) in [4.78, 5) is 49.3. The van der Waals surface area contributed by atoms with E-state index in [1.165, 1.54) is 6.92 Å². The number of carboxylic acids is 1. The molecule has 0 fully saturated rings. The SMILES string of the molecule is CCC(C)C(NC(=O)C(CS)NC(=O)C(N)Cc1ccccc1)C(=O)NC(C(=O)O)C(C)O. The van der Waals surface area contributed by atoms with Crippen molar-refractivity contribution in [2.45, 2.75) is 63.9 Å². The van der Waals surface area contributed by atoms with Gasteiger partial charge in [-0.1, -0.05) is 50.6 Å². The molecule has 0 aliphatic heterocycles. The Bertz CT molecular complexity index is 807. The van der Waals surface area contributed by atoms with Gasteiger partial charge in [-0.2, -0.15) is 12.6 Å². The normalized spacial score (nSPS) is 16.4. The van der Waals surface area contributed by atoms with Crippen molar-refractivity contribution in [3.8, 4) is 0 Å². The summed E-state index contributed by atoms with van der Waals surface area (Å²) in [5, 5.41) is 26.2. The number of hydrogen-bond donors (Lipinski definition) is 7. The Morgan fingerprint density at radius 3 is 2.03 bits per heavy atom. The molecule has 6 atom stereocenters. The number of amides is 3. The molecule has 0 aliphatic rings. The lowest BCUT2D eigenvalue weighted by molar-refractivity contribution is -0.145. The number of aliphatic carboxylic acids is 1. The summed E-state index contributed by atoms with van der Waals surface area (Å²) < 4.78 is 0. The monoisotopic (exact) mass is 482 g/mol. The molecule has 0 saturated heterocycles. The van der Waals surface area contributed by atoms with E-state index in [0.29, 0.717) is 6.42 Å². The van der Waals surface area contributed by atoms with Crippen LogP contribution in [-0.2, 0) is 25.6 Å². The van der Waals surface area contributed by atoms with Gasteiger partial charge in [-0.05, 0) is 24.8 Å². The number of nitrogens with two attached hydrogens (primary N) is 1. The number of benzene rings is 1. The van der Waals surface area contributed by atoms with Crippen molar-refractivity contribution in [2.24, 2.45) is 11.7 Å². The molecule has 7 N–H and O–H groups in total. The predicted octanol–water partition coefficient (Wildman–Crippen LogP) is -0.548. The smallest absolute Gasteiger partial charge is 0.328 e. The molecule has 33 heavy (non-hydrogen) atoms. The molecule has 3 amide bonds. The average molecular weight is 483 g/mol. The highest BCUT2D eigenvalue weighted by atomic mass is 32.1. The first kappa shape index (κ1) is 28.4. The van der Waals surface area contributed by atoms with Crippen LogP contribution in [0.3, 0.4) is 0 Å². The molecule has 0 radical (unpaired) electrons. The lowest BCUT2D eigenvalue weighted by Gasteiger charge is -2.28. The van der Waals surface area contributed by atoms with Gasteiger partial charge in [-0.15, -0.1) is 0 Å². The van der Waals surface area contributed by atoms with Crippen LogP contribution in [0.2, 0.25) is 0 Å². The molecular formula is C22H34N4O6S. The van der Waals surface area contributed by atoms with Crippen LogP contribution in [0.5, 0.6) is 0 Å². The molecule has 1 aromatic rings. The average Bonchev–Trinajstić information content (AvgIpc) is 2.78. The van der Waals surface area contributed by atoms with Crippen molar-refractivity contribution in [3.63, 3.8) is 0 Å². The summed E-state index contributed by atoms with van der Waals surface area (Å²) >= 11 is 4.13. The third kappa shape index (κ3) is 9.03. The maximum atomic E-state index is 12.8. The van der Waals surface area contributed by atoms with Crippen molar-refractivity contribution < 1.29 is 29.4 Å². The van der Waals surface area contributed by atoms with Crippen molar-refractivity contribution in [2.75, 3.05) is 5.75 Å². The molecule has 11 heteroatoms. The van der Waals surface area contributed by atoms with Gasteiger partial charge >= 0.3 is 5.97 Å². The molecule has 10 nitrogen and oxygen atoms in total. The quantitative estimate of drug-likeness (QED) is 0.185. The number of carbonyl (C=O) groups excluding carboxylic acids is 3. The zero-order valence-corrected chi connectivity index (χ0v) is 19.9. The zero-order chi connectivity index (χ0) is 25.1. The molecule has 0 saturated carbocycles. The van der Waals surface area contributed by atoms with Crippen LogP contribution in [0.25, 0.3) is 0 Å². The molecule has 184 valence electrons. The number of nitrogens with one attached hydrogen (secondary N) is 3. The summed E-state index contributed by atoms with van der Waals surface area (Å²) in [7, 11) is 0. The van der Waals surface area contributed by atoms with Crippen LogP contribution in [0, 0.1) is 5.92 Å². The third-order valence-electron chi connectivity index (χ3n) is 5.29. The van der Waals surface area contributed by atoms with Gasteiger partial charge in [0.25, 0.3) is 0 Å².